The van der Waals surface area contributed by atoms with Crippen LogP contribution in [0.15, 0.2) is 54.7 Å². The van der Waals surface area contributed by atoms with E-state index in [4.69, 9.17) is 16.3 Å². The van der Waals surface area contributed by atoms with Gasteiger partial charge in [-0.05, 0) is 37.3 Å². The van der Waals surface area contributed by atoms with Crippen molar-refractivity contribution in [1.82, 2.24) is 14.7 Å². The molecule has 0 fully saturated rings. The summed E-state index contributed by atoms with van der Waals surface area (Å²) < 4.78 is 6.91. The number of para-hydroxylation sites is 1. The zero-order valence-electron chi connectivity index (χ0n) is 16.3. The van der Waals surface area contributed by atoms with Crippen LogP contribution >= 0.6 is 11.6 Å². The van der Waals surface area contributed by atoms with Crippen LogP contribution in [-0.2, 0) is 4.79 Å². The molecule has 7 nitrogen and oxygen atoms in total. The fraction of sp³-hybridized carbons (Fsp3) is 0.190. The van der Waals surface area contributed by atoms with E-state index in [-0.39, 0.29) is 18.4 Å². The van der Waals surface area contributed by atoms with Gasteiger partial charge >= 0.3 is 0 Å². The van der Waals surface area contributed by atoms with Gasteiger partial charge in [-0.25, -0.2) is 4.68 Å². The molecule has 0 saturated heterocycles. The molecule has 1 N–H and O–H groups in total. The Hall–Kier alpha value is -3.32. The quantitative estimate of drug-likeness (QED) is 0.671. The van der Waals surface area contributed by atoms with Crippen LogP contribution in [-0.4, -0.2) is 47.2 Å². The first-order valence-electron chi connectivity index (χ1n) is 8.89. The Labute approximate surface area is 173 Å². The van der Waals surface area contributed by atoms with Crippen molar-refractivity contribution in [3.05, 3.63) is 71.0 Å². The highest BCUT2D eigenvalue weighted by atomic mass is 35.5. The monoisotopic (exact) mass is 412 g/mol. The number of carbonyl (C=O) groups is 2. The lowest BCUT2D eigenvalue weighted by molar-refractivity contribution is -0.116. The number of carbonyl (C=O) groups excluding carboxylic acids is 2. The number of hydrogen-bond acceptors (Lipinski definition) is 4. The Kier molecular flexibility index (Phi) is 6.19. The highest BCUT2D eigenvalue weighted by Crippen LogP contribution is 2.27. The minimum absolute atomic E-state index is 0.134. The minimum Gasteiger partial charge on any atom is -0.495 e. The first-order valence-corrected chi connectivity index (χ1v) is 9.27. The van der Waals surface area contributed by atoms with Crippen molar-refractivity contribution in [2.45, 2.75) is 6.92 Å². The molecule has 1 heterocycles. The van der Waals surface area contributed by atoms with Crippen LogP contribution < -0.4 is 10.1 Å². The van der Waals surface area contributed by atoms with Crippen LogP contribution in [0.25, 0.3) is 5.69 Å². The Balaban J connectivity index is 1.71. The SMILES string of the molecule is COc1ccc(Cl)cc1NC(=O)CN(C)C(=O)c1cnn(-c2ccccc2)c1C. The lowest BCUT2D eigenvalue weighted by Crippen LogP contribution is -2.35. The average molecular weight is 413 g/mol. The van der Waals surface area contributed by atoms with Crippen LogP contribution in [0.5, 0.6) is 5.75 Å². The van der Waals surface area contributed by atoms with Gasteiger partial charge in [-0.1, -0.05) is 29.8 Å². The molecule has 1 aromatic heterocycles. The van der Waals surface area contributed by atoms with Crippen LogP contribution in [0.2, 0.25) is 5.02 Å². The summed E-state index contributed by atoms with van der Waals surface area (Å²) in [5.41, 5.74) is 2.44. The maximum atomic E-state index is 12.8. The van der Waals surface area contributed by atoms with Gasteiger partial charge in [0.2, 0.25) is 5.91 Å². The second kappa shape index (κ2) is 8.79. The predicted molar refractivity (Wildman–Crippen MR) is 112 cm³/mol. The van der Waals surface area contributed by atoms with Crippen molar-refractivity contribution < 1.29 is 14.3 Å². The molecular formula is C21H21ClN4O3. The molecule has 0 aliphatic rings. The summed E-state index contributed by atoms with van der Waals surface area (Å²) in [5.74, 6) is -0.177. The van der Waals surface area contributed by atoms with Gasteiger partial charge in [-0.2, -0.15) is 5.10 Å². The van der Waals surface area contributed by atoms with Gasteiger partial charge in [0, 0.05) is 12.1 Å². The van der Waals surface area contributed by atoms with Gasteiger partial charge < -0.3 is 15.0 Å². The van der Waals surface area contributed by atoms with Gasteiger partial charge in [0.1, 0.15) is 5.75 Å². The van der Waals surface area contributed by atoms with E-state index in [1.807, 2.05) is 37.3 Å². The number of rotatable bonds is 6. The van der Waals surface area contributed by atoms with E-state index in [1.165, 1.54) is 18.2 Å². The standard InChI is InChI=1S/C21H21ClN4O3/c1-14-17(12-23-26(14)16-7-5-4-6-8-16)21(28)25(2)13-20(27)24-18-11-15(22)9-10-19(18)29-3/h4-12H,13H2,1-3H3,(H,24,27). The third-order valence-electron chi connectivity index (χ3n) is 4.40. The maximum Gasteiger partial charge on any atom is 0.257 e. The smallest absolute Gasteiger partial charge is 0.257 e. The zero-order valence-corrected chi connectivity index (χ0v) is 17.1. The zero-order chi connectivity index (χ0) is 21.0. The molecule has 0 aliphatic heterocycles. The number of aromatic nitrogens is 2. The van der Waals surface area contributed by atoms with Crippen molar-refractivity contribution in [2.24, 2.45) is 0 Å². The molecule has 0 radical (unpaired) electrons. The van der Waals surface area contributed by atoms with Gasteiger partial charge in [0.05, 0.1) is 42.5 Å². The molecule has 0 atom stereocenters. The first-order chi connectivity index (χ1) is 13.9. The van der Waals surface area contributed by atoms with E-state index in [2.05, 4.69) is 10.4 Å². The lowest BCUT2D eigenvalue weighted by atomic mass is 10.2. The summed E-state index contributed by atoms with van der Waals surface area (Å²) in [6, 6.07) is 14.4. The Morgan fingerprint density at radius 3 is 2.62 bits per heavy atom. The molecule has 3 aromatic rings. The lowest BCUT2D eigenvalue weighted by Gasteiger charge is -2.17. The summed E-state index contributed by atoms with van der Waals surface area (Å²) in [7, 11) is 3.07. The molecule has 0 unspecified atom stereocenters. The minimum atomic E-state index is -0.366. The molecule has 0 aliphatic carbocycles. The van der Waals surface area contributed by atoms with Gasteiger partial charge in [-0.15, -0.1) is 0 Å². The number of halogens is 1. The number of anilines is 1. The Morgan fingerprint density at radius 2 is 1.93 bits per heavy atom. The van der Waals surface area contributed by atoms with Crippen LogP contribution in [0.4, 0.5) is 5.69 Å². The number of benzene rings is 2. The van der Waals surface area contributed by atoms with E-state index in [0.29, 0.717) is 27.7 Å². The van der Waals surface area contributed by atoms with Crippen molar-refractivity contribution in [1.29, 1.82) is 0 Å². The largest absolute Gasteiger partial charge is 0.495 e. The van der Waals surface area contributed by atoms with Crippen LogP contribution in [0, 0.1) is 6.92 Å². The van der Waals surface area contributed by atoms with Gasteiger partial charge in [-0.3, -0.25) is 9.59 Å². The van der Waals surface area contributed by atoms with E-state index in [1.54, 1.807) is 29.9 Å². The van der Waals surface area contributed by atoms with Gasteiger partial charge in [0.25, 0.3) is 5.91 Å². The number of methoxy groups -OCH3 is 1. The van der Waals surface area contributed by atoms with Crippen molar-refractivity contribution in [2.75, 3.05) is 26.0 Å². The average Bonchev–Trinajstić information content (AvgIpc) is 3.09. The summed E-state index contributed by atoms with van der Waals surface area (Å²) in [6.07, 6.45) is 1.51. The van der Waals surface area contributed by atoms with E-state index < -0.39 is 0 Å². The molecular weight excluding hydrogens is 392 g/mol. The van der Waals surface area contributed by atoms with Gasteiger partial charge in [0.15, 0.2) is 0 Å². The third-order valence-corrected chi connectivity index (χ3v) is 4.64. The van der Waals surface area contributed by atoms with E-state index in [0.717, 1.165) is 5.69 Å². The topological polar surface area (TPSA) is 76.5 Å². The van der Waals surface area contributed by atoms with E-state index in [9.17, 15) is 9.59 Å². The molecule has 29 heavy (non-hydrogen) atoms. The van der Waals surface area contributed by atoms with Crippen LogP contribution in [0.3, 0.4) is 0 Å². The fourth-order valence-corrected chi connectivity index (χ4v) is 3.08. The number of amides is 2. The number of hydrogen-bond donors (Lipinski definition) is 1. The Morgan fingerprint density at radius 1 is 1.21 bits per heavy atom. The normalized spacial score (nSPS) is 10.5. The molecule has 0 saturated carbocycles. The number of nitrogens with one attached hydrogen (secondary N) is 1. The Bertz CT molecular complexity index is 1030. The number of ether oxygens (including phenoxy) is 1. The van der Waals surface area contributed by atoms with Crippen molar-refractivity contribution >= 4 is 29.1 Å². The number of likely N-dealkylation sites (N-methyl/N-ethyl adjacent to an activating group) is 1. The third kappa shape index (κ3) is 4.57. The fourth-order valence-electron chi connectivity index (χ4n) is 2.91. The maximum absolute atomic E-state index is 12.8. The molecule has 150 valence electrons. The molecule has 2 amide bonds. The summed E-state index contributed by atoms with van der Waals surface area (Å²) in [5, 5.41) is 7.50. The van der Waals surface area contributed by atoms with Crippen molar-refractivity contribution in [3.63, 3.8) is 0 Å². The molecule has 0 spiro atoms. The van der Waals surface area contributed by atoms with Crippen molar-refractivity contribution in [3.8, 4) is 11.4 Å². The summed E-state index contributed by atoms with van der Waals surface area (Å²) >= 11 is 5.98. The summed E-state index contributed by atoms with van der Waals surface area (Å²) in [4.78, 5) is 26.6. The second-order valence-corrected chi connectivity index (χ2v) is 6.88. The van der Waals surface area contributed by atoms with E-state index >= 15 is 0 Å². The highest BCUT2D eigenvalue weighted by Gasteiger charge is 2.21. The highest BCUT2D eigenvalue weighted by molar-refractivity contribution is 6.31. The first kappa shape index (κ1) is 20.4. The second-order valence-electron chi connectivity index (χ2n) is 6.45. The summed E-state index contributed by atoms with van der Waals surface area (Å²) in [6.45, 7) is 1.68. The molecule has 2 aromatic carbocycles. The van der Waals surface area contributed by atoms with Crippen LogP contribution in [0.1, 0.15) is 16.1 Å². The molecule has 3 rings (SSSR count). The predicted octanol–water partition coefficient (Wildman–Crippen LogP) is 3.55. The molecule has 0 bridgehead atoms. The number of nitrogens with zero attached hydrogens (tertiary/aromatic N) is 3. The molecule has 8 heteroatoms.